The molecule has 0 fully saturated rings. The van der Waals surface area contributed by atoms with Gasteiger partial charge in [-0.25, -0.2) is 4.98 Å². The number of para-hydroxylation sites is 1. The number of amidine groups is 1. The maximum Gasteiger partial charge on any atom is 0.225 e. The van der Waals surface area contributed by atoms with Gasteiger partial charge in [-0.15, -0.1) is 0 Å². The lowest BCUT2D eigenvalue weighted by atomic mass is 10.3. The number of allylic oxidation sites excluding steroid dienone is 2. The van der Waals surface area contributed by atoms with Crippen molar-refractivity contribution in [1.29, 1.82) is 0 Å². The molecule has 0 aliphatic carbocycles. The number of carbonyl (C=O) groups is 1. The molecule has 24 heavy (non-hydrogen) atoms. The van der Waals surface area contributed by atoms with Crippen molar-refractivity contribution in [2.24, 2.45) is 10.7 Å². The second-order valence-corrected chi connectivity index (χ2v) is 4.57. The van der Waals surface area contributed by atoms with Crippen LogP contribution in [0.1, 0.15) is 5.69 Å². The van der Waals surface area contributed by atoms with Crippen molar-refractivity contribution < 1.29 is 14.3 Å². The Labute approximate surface area is 140 Å². The number of aliphatic imine (C=N–C) groups is 1. The molecule has 1 aromatic heterocycles. The smallest absolute Gasteiger partial charge is 0.225 e. The van der Waals surface area contributed by atoms with Crippen LogP contribution in [-0.2, 0) is 4.79 Å². The fraction of sp³-hybridized carbons (Fsp3) is 0.0556. The van der Waals surface area contributed by atoms with Crippen LogP contribution in [0.15, 0.2) is 78.1 Å². The monoisotopic (exact) mass is 323 g/mol. The molecule has 6 nitrogen and oxygen atoms in total. The highest BCUT2D eigenvalue weighted by molar-refractivity contribution is 6.00. The lowest BCUT2D eigenvalue weighted by molar-refractivity contribution is -0.110. The molecule has 0 unspecified atom stereocenters. The number of carbonyl (C=O) groups excluding carboxylic acids is 1. The minimum atomic E-state index is -0.351. The van der Waals surface area contributed by atoms with Gasteiger partial charge < -0.3 is 15.2 Å². The molecule has 2 N–H and O–H groups in total. The van der Waals surface area contributed by atoms with Gasteiger partial charge in [-0.05, 0) is 24.3 Å². The average Bonchev–Trinajstić information content (AvgIpc) is 2.62. The standard InChI is InChI=1S/C18H17N3O3/c1-3-13(22)12-17(24-14-8-5-4-6-9-14)21-18(19)15-10-7-11-16(20-15)23-2/h3-12H,1H2,2H3,(H2,19,21). The summed E-state index contributed by atoms with van der Waals surface area (Å²) in [5, 5.41) is 0. The van der Waals surface area contributed by atoms with Gasteiger partial charge in [-0.1, -0.05) is 30.8 Å². The molecule has 2 rings (SSSR count). The first-order valence-corrected chi connectivity index (χ1v) is 7.09. The Morgan fingerprint density at radius 1 is 1.21 bits per heavy atom. The Balaban J connectivity index is 2.33. The van der Waals surface area contributed by atoms with Crippen LogP contribution in [0.25, 0.3) is 0 Å². The van der Waals surface area contributed by atoms with Crippen molar-refractivity contribution in [3.8, 4) is 11.6 Å². The van der Waals surface area contributed by atoms with Gasteiger partial charge in [0.15, 0.2) is 11.6 Å². The Morgan fingerprint density at radius 3 is 2.62 bits per heavy atom. The molecule has 0 atom stereocenters. The average molecular weight is 323 g/mol. The van der Waals surface area contributed by atoms with E-state index in [2.05, 4.69) is 16.6 Å². The summed E-state index contributed by atoms with van der Waals surface area (Å²) in [6, 6.07) is 14.0. The molecule has 0 saturated carbocycles. The Bertz CT molecular complexity index is 783. The fourth-order valence-corrected chi connectivity index (χ4v) is 1.72. The van der Waals surface area contributed by atoms with E-state index < -0.39 is 0 Å². The molecule has 2 aromatic rings. The minimum absolute atomic E-state index is 0.0354. The van der Waals surface area contributed by atoms with Crippen molar-refractivity contribution in [3.05, 3.63) is 78.8 Å². The third-order valence-corrected chi connectivity index (χ3v) is 2.86. The van der Waals surface area contributed by atoms with Crippen LogP contribution in [0.5, 0.6) is 11.6 Å². The van der Waals surface area contributed by atoms with Gasteiger partial charge in [0.2, 0.25) is 11.8 Å². The Kier molecular flexibility index (Phi) is 5.85. The topological polar surface area (TPSA) is 86.8 Å². The van der Waals surface area contributed by atoms with Crippen molar-refractivity contribution in [2.45, 2.75) is 0 Å². The maximum atomic E-state index is 11.6. The largest absolute Gasteiger partial charge is 0.481 e. The van der Waals surface area contributed by atoms with Gasteiger partial charge in [0.1, 0.15) is 11.4 Å². The highest BCUT2D eigenvalue weighted by Crippen LogP contribution is 2.14. The number of ether oxygens (including phenoxy) is 2. The summed E-state index contributed by atoms with van der Waals surface area (Å²) in [6.07, 6.45) is 2.36. The fourth-order valence-electron chi connectivity index (χ4n) is 1.72. The summed E-state index contributed by atoms with van der Waals surface area (Å²) in [4.78, 5) is 19.9. The van der Waals surface area contributed by atoms with E-state index >= 15 is 0 Å². The van der Waals surface area contributed by atoms with Crippen LogP contribution in [-0.4, -0.2) is 23.7 Å². The first kappa shape index (κ1) is 17.0. The van der Waals surface area contributed by atoms with E-state index in [1.807, 2.05) is 6.07 Å². The van der Waals surface area contributed by atoms with Gasteiger partial charge in [0, 0.05) is 12.1 Å². The van der Waals surface area contributed by atoms with E-state index in [1.165, 1.54) is 13.2 Å². The second-order valence-electron chi connectivity index (χ2n) is 4.57. The first-order valence-electron chi connectivity index (χ1n) is 7.09. The third kappa shape index (κ3) is 4.81. The summed E-state index contributed by atoms with van der Waals surface area (Å²) in [7, 11) is 1.51. The van der Waals surface area contributed by atoms with E-state index in [4.69, 9.17) is 15.2 Å². The number of pyridine rings is 1. The van der Waals surface area contributed by atoms with Gasteiger partial charge in [-0.2, -0.15) is 4.99 Å². The molecule has 6 heteroatoms. The van der Waals surface area contributed by atoms with Crippen LogP contribution in [0.3, 0.4) is 0 Å². The molecule has 0 bridgehead atoms. The summed E-state index contributed by atoms with van der Waals surface area (Å²) in [5.41, 5.74) is 6.37. The van der Waals surface area contributed by atoms with Crippen LogP contribution >= 0.6 is 0 Å². The number of nitrogens with two attached hydrogens (primary N) is 1. The molecule has 0 aliphatic heterocycles. The molecule has 0 radical (unpaired) electrons. The van der Waals surface area contributed by atoms with Gasteiger partial charge >= 0.3 is 0 Å². The molecule has 0 amide bonds. The first-order chi connectivity index (χ1) is 11.6. The van der Waals surface area contributed by atoms with E-state index in [0.29, 0.717) is 17.3 Å². The summed E-state index contributed by atoms with van der Waals surface area (Å²) >= 11 is 0. The normalized spacial score (nSPS) is 11.7. The lowest BCUT2D eigenvalue weighted by Crippen LogP contribution is -2.16. The van der Waals surface area contributed by atoms with Gasteiger partial charge in [-0.3, -0.25) is 4.79 Å². The van der Waals surface area contributed by atoms with Crippen LogP contribution < -0.4 is 15.2 Å². The highest BCUT2D eigenvalue weighted by atomic mass is 16.5. The number of hydrogen-bond acceptors (Lipinski definition) is 5. The zero-order valence-corrected chi connectivity index (χ0v) is 13.2. The van der Waals surface area contributed by atoms with E-state index in [9.17, 15) is 4.79 Å². The molecule has 122 valence electrons. The number of hydrogen-bond donors (Lipinski definition) is 1. The zero-order chi connectivity index (χ0) is 17.4. The van der Waals surface area contributed by atoms with Crippen LogP contribution in [0, 0.1) is 0 Å². The number of aromatic nitrogens is 1. The zero-order valence-electron chi connectivity index (χ0n) is 13.2. The lowest BCUT2D eigenvalue weighted by Gasteiger charge is -2.07. The van der Waals surface area contributed by atoms with E-state index in [-0.39, 0.29) is 17.5 Å². The predicted octanol–water partition coefficient (Wildman–Crippen LogP) is 2.47. The molecular formula is C18H17N3O3. The molecule has 0 aliphatic rings. The number of ketones is 1. The summed E-state index contributed by atoms with van der Waals surface area (Å²) < 4.78 is 10.7. The molecule has 1 heterocycles. The molecular weight excluding hydrogens is 306 g/mol. The van der Waals surface area contributed by atoms with Crippen molar-refractivity contribution in [2.75, 3.05) is 7.11 Å². The Hall–Kier alpha value is -3.41. The van der Waals surface area contributed by atoms with E-state index in [0.717, 1.165) is 6.08 Å². The number of nitrogens with zero attached hydrogens (tertiary/aromatic N) is 2. The predicted molar refractivity (Wildman–Crippen MR) is 91.9 cm³/mol. The van der Waals surface area contributed by atoms with Gasteiger partial charge in [0.05, 0.1) is 7.11 Å². The van der Waals surface area contributed by atoms with Crippen molar-refractivity contribution in [1.82, 2.24) is 4.98 Å². The maximum absolute atomic E-state index is 11.6. The molecule has 0 saturated heterocycles. The van der Waals surface area contributed by atoms with Crippen LogP contribution in [0.4, 0.5) is 0 Å². The number of rotatable bonds is 7. The Morgan fingerprint density at radius 2 is 1.96 bits per heavy atom. The van der Waals surface area contributed by atoms with E-state index in [1.54, 1.807) is 42.5 Å². The quantitative estimate of drug-likeness (QED) is 0.366. The molecule has 0 spiro atoms. The summed E-state index contributed by atoms with van der Waals surface area (Å²) in [5.74, 6) is 0.704. The van der Waals surface area contributed by atoms with Gasteiger partial charge in [0.25, 0.3) is 0 Å². The number of benzene rings is 1. The van der Waals surface area contributed by atoms with Crippen molar-refractivity contribution in [3.63, 3.8) is 0 Å². The minimum Gasteiger partial charge on any atom is -0.481 e. The highest BCUT2D eigenvalue weighted by Gasteiger charge is 2.07. The van der Waals surface area contributed by atoms with Crippen molar-refractivity contribution >= 4 is 11.6 Å². The summed E-state index contributed by atoms with van der Waals surface area (Å²) in [6.45, 7) is 3.42. The number of methoxy groups -OCH3 is 1. The third-order valence-electron chi connectivity index (χ3n) is 2.86. The SMILES string of the molecule is C=CC(=O)C=C(N=C(N)c1cccc(OC)n1)Oc1ccccc1. The second kappa shape index (κ2) is 8.28. The van der Waals surface area contributed by atoms with Crippen LogP contribution in [0.2, 0.25) is 0 Å². The molecule has 1 aromatic carbocycles.